The molecule has 4 fully saturated rings. The smallest absolute Gasteiger partial charge is 0.217 e. The van der Waals surface area contributed by atoms with E-state index in [-0.39, 0.29) is 0 Å². The molecule has 4 heterocycles. The Morgan fingerprint density at radius 2 is 1.02 bits per heavy atom. The fraction of sp³-hybridized carbons (Fsp3) is 0.929. The van der Waals surface area contributed by atoms with E-state index in [1.807, 2.05) is 0 Å². The number of hydrogen-bond donors (Lipinski definition) is 13. The third-order valence-electron chi connectivity index (χ3n) is 9.21. The van der Waals surface area contributed by atoms with Crippen molar-refractivity contribution in [3.05, 3.63) is 0 Å². The summed E-state index contributed by atoms with van der Waals surface area (Å²) >= 11 is 0. The van der Waals surface area contributed by atoms with Crippen molar-refractivity contribution in [2.75, 3.05) is 26.4 Å². The van der Waals surface area contributed by atoms with E-state index in [0.29, 0.717) is 0 Å². The van der Waals surface area contributed by atoms with Gasteiger partial charge in [0.15, 0.2) is 25.2 Å². The van der Waals surface area contributed by atoms with Gasteiger partial charge < -0.3 is 105 Å². The van der Waals surface area contributed by atoms with Gasteiger partial charge in [0.05, 0.1) is 26.4 Å². The van der Waals surface area contributed by atoms with Crippen molar-refractivity contribution in [3.63, 3.8) is 0 Å². The number of ether oxygens (including phenoxy) is 7. The molecule has 0 aromatic carbocycles. The molecule has 4 aliphatic heterocycles. The van der Waals surface area contributed by atoms with E-state index in [4.69, 9.17) is 33.2 Å². The molecule has 0 saturated carbocycles. The maximum Gasteiger partial charge on any atom is 0.217 e. The molecule has 4 rings (SSSR count). The van der Waals surface area contributed by atoms with Crippen molar-refractivity contribution in [3.8, 4) is 0 Å². The highest BCUT2D eigenvalue weighted by Gasteiger charge is 2.56. The zero-order valence-corrected chi connectivity index (χ0v) is 29.8. The first-order valence-corrected chi connectivity index (χ1v) is 18.1. The SMILES string of the molecule is CC(=O)N[C@@H]1[C@@H](O)[C@H](O[C@@H]2O[C@H](CO)[C@H](O)[C@H](O[C@@H]3O[C@H](COS(=O)(=O)[O-])[C@@H](O[C@@H]4O[C@H](CO)[C@H](O)[C@H](O)[C@H]4O)[C@H](O)[C@H]3NC(C)=O)[C@H]2O)[C@@H](CO)O[C@H]1O. The summed E-state index contributed by atoms with van der Waals surface area (Å²) in [7, 11) is -5.48. The lowest BCUT2D eigenvalue weighted by Crippen LogP contribution is -2.70. The van der Waals surface area contributed by atoms with Crippen LogP contribution in [0, 0.1) is 0 Å². The minimum Gasteiger partial charge on any atom is -0.726 e. The molecule has 27 heteroatoms. The maximum atomic E-state index is 12.3. The molecule has 0 aromatic heterocycles. The summed E-state index contributed by atoms with van der Waals surface area (Å²) in [6.07, 6.45) is -34.2. The van der Waals surface area contributed by atoms with Crippen LogP contribution in [-0.4, -0.2) is 230 Å². The van der Waals surface area contributed by atoms with Gasteiger partial charge in [-0.15, -0.1) is 0 Å². The Balaban J connectivity index is 1.64. The van der Waals surface area contributed by atoms with Gasteiger partial charge in [0, 0.05) is 13.8 Å². The van der Waals surface area contributed by atoms with Crippen molar-refractivity contribution < 1.29 is 116 Å². The Kier molecular flexibility index (Phi) is 16.0. The Bertz CT molecular complexity index is 1380. The Hall–Kier alpha value is -1.91. The molecule has 26 nitrogen and oxygen atoms in total. The second-order valence-electron chi connectivity index (χ2n) is 13.1. The van der Waals surface area contributed by atoms with Crippen LogP contribution >= 0.6 is 0 Å². The molecule has 4 aliphatic rings. The van der Waals surface area contributed by atoms with Gasteiger partial charge in [0.1, 0.15) is 97.5 Å². The summed E-state index contributed by atoms with van der Waals surface area (Å²) in [5.41, 5.74) is 0. The van der Waals surface area contributed by atoms with E-state index in [9.17, 15) is 78.7 Å². The van der Waals surface area contributed by atoms with Crippen LogP contribution in [0.15, 0.2) is 0 Å². The highest BCUT2D eigenvalue weighted by Crippen LogP contribution is 2.34. The molecule has 0 aliphatic carbocycles. The molecule has 55 heavy (non-hydrogen) atoms. The third-order valence-corrected chi connectivity index (χ3v) is 9.63. The van der Waals surface area contributed by atoms with E-state index in [2.05, 4.69) is 14.8 Å². The lowest BCUT2D eigenvalue weighted by molar-refractivity contribution is -0.376. The summed E-state index contributed by atoms with van der Waals surface area (Å²) in [5.74, 6) is -1.58. The summed E-state index contributed by atoms with van der Waals surface area (Å²) in [4.78, 5) is 24.0. The predicted octanol–water partition coefficient (Wildman–Crippen LogP) is -9.98. The number of aliphatic hydroxyl groups excluding tert-OH is 11. The summed E-state index contributed by atoms with van der Waals surface area (Å²) in [6, 6.07) is -3.34. The largest absolute Gasteiger partial charge is 0.726 e. The number of amides is 2. The van der Waals surface area contributed by atoms with Crippen LogP contribution in [0.5, 0.6) is 0 Å². The van der Waals surface area contributed by atoms with Crippen molar-refractivity contribution in [1.29, 1.82) is 0 Å². The minimum atomic E-state index is -5.48. The standard InChI is InChI=1S/C28H48N2O24S/c1-7(34)29-13-17(38)22(11(5-33)48-25(13)43)52-28-21(42)24(16(37)10(4-32)50-28)54-26-14(30-8(2)35)18(39)23(12(51-26)6-47-55(44,45)46)53-27-20(41)19(40)15(36)9(3-31)49-27/h9-28,31-33,36-43H,3-6H2,1-2H3,(H,29,34)(H,30,35)(H,44,45,46)/p-1/t9-,10-,11-,12-,13-,14-,15+,16+,17-,18-,19+,20-,21-,22-,23-,24+,25-,26+,27+,28+/m1/s1. The highest BCUT2D eigenvalue weighted by molar-refractivity contribution is 7.80. The Morgan fingerprint density at radius 1 is 0.564 bits per heavy atom. The van der Waals surface area contributed by atoms with Crippen LogP contribution in [-0.2, 0) is 57.3 Å². The molecule has 0 aromatic rings. The number of carbonyl (C=O) groups excluding carboxylic acids is 2. The van der Waals surface area contributed by atoms with Crippen LogP contribution in [0.3, 0.4) is 0 Å². The fourth-order valence-corrected chi connectivity index (χ4v) is 6.79. The molecular weight excluding hydrogens is 780 g/mol. The first-order chi connectivity index (χ1) is 25.7. The third kappa shape index (κ3) is 10.8. The summed E-state index contributed by atoms with van der Waals surface area (Å²) < 4.78 is 77.4. The van der Waals surface area contributed by atoms with Crippen LogP contribution < -0.4 is 10.6 Å². The molecule has 13 N–H and O–H groups in total. The maximum absolute atomic E-state index is 12.3. The quantitative estimate of drug-likeness (QED) is 0.0571. The molecule has 0 radical (unpaired) electrons. The van der Waals surface area contributed by atoms with Crippen LogP contribution in [0.2, 0.25) is 0 Å². The zero-order chi connectivity index (χ0) is 41.1. The van der Waals surface area contributed by atoms with Gasteiger partial charge >= 0.3 is 0 Å². The summed E-state index contributed by atoms with van der Waals surface area (Å²) in [6.45, 7) is -1.99. The average Bonchev–Trinajstić information content (AvgIpc) is 3.11. The lowest BCUT2D eigenvalue weighted by Gasteiger charge is -2.50. The second-order valence-corrected chi connectivity index (χ2v) is 14.2. The van der Waals surface area contributed by atoms with Crippen LogP contribution in [0.25, 0.3) is 0 Å². The van der Waals surface area contributed by atoms with E-state index in [0.717, 1.165) is 13.8 Å². The minimum absolute atomic E-state index is 0.709. The van der Waals surface area contributed by atoms with Gasteiger partial charge in [0.2, 0.25) is 22.2 Å². The van der Waals surface area contributed by atoms with E-state index < -0.39 is 171 Å². The fourth-order valence-electron chi connectivity index (χ4n) is 6.49. The highest BCUT2D eigenvalue weighted by atomic mass is 32.3. The van der Waals surface area contributed by atoms with Gasteiger partial charge in [-0.2, -0.15) is 0 Å². The molecule has 4 saturated heterocycles. The molecule has 20 atom stereocenters. The Labute approximate surface area is 311 Å². The van der Waals surface area contributed by atoms with E-state index >= 15 is 0 Å². The van der Waals surface area contributed by atoms with Gasteiger partial charge in [0.25, 0.3) is 0 Å². The van der Waals surface area contributed by atoms with Gasteiger partial charge in [-0.25, -0.2) is 8.42 Å². The number of carbonyl (C=O) groups is 2. The monoisotopic (exact) mass is 827 g/mol. The normalized spacial score (nSPS) is 45.5. The van der Waals surface area contributed by atoms with Crippen LogP contribution in [0.1, 0.15) is 13.8 Å². The van der Waals surface area contributed by atoms with Crippen molar-refractivity contribution >= 4 is 22.2 Å². The number of rotatable bonds is 14. The van der Waals surface area contributed by atoms with Crippen LogP contribution in [0.4, 0.5) is 0 Å². The molecule has 2 amide bonds. The Morgan fingerprint density at radius 3 is 1.55 bits per heavy atom. The second kappa shape index (κ2) is 19.2. The lowest BCUT2D eigenvalue weighted by atomic mass is 9.94. The van der Waals surface area contributed by atoms with Crippen molar-refractivity contribution in [2.45, 2.75) is 137 Å². The van der Waals surface area contributed by atoms with Crippen molar-refractivity contribution in [2.24, 2.45) is 0 Å². The van der Waals surface area contributed by atoms with E-state index in [1.54, 1.807) is 0 Å². The zero-order valence-electron chi connectivity index (χ0n) is 29.0. The first-order valence-electron chi connectivity index (χ1n) is 16.7. The predicted molar refractivity (Wildman–Crippen MR) is 166 cm³/mol. The molecule has 0 spiro atoms. The molecule has 320 valence electrons. The number of hydrogen-bond acceptors (Lipinski definition) is 24. The van der Waals surface area contributed by atoms with E-state index in [1.165, 1.54) is 0 Å². The first kappa shape index (κ1) is 45.8. The molecular formula is C28H47N2O24S-. The van der Waals surface area contributed by atoms with Gasteiger partial charge in [-0.3, -0.25) is 13.8 Å². The number of nitrogens with one attached hydrogen (secondary N) is 2. The topological polar surface area (TPSA) is 412 Å². The number of aliphatic hydroxyl groups is 11. The molecule has 0 unspecified atom stereocenters. The molecule has 0 bridgehead atoms. The van der Waals surface area contributed by atoms with Gasteiger partial charge in [-0.1, -0.05) is 0 Å². The average molecular weight is 828 g/mol. The van der Waals surface area contributed by atoms with Crippen molar-refractivity contribution in [1.82, 2.24) is 10.6 Å². The van der Waals surface area contributed by atoms with Gasteiger partial charge in [-0.05, 0) is 0 Å². The summed E-state index contributed by atoms with van der Waals surface area (Å²) in [5, 5.41) is 120.